The number of ether oxygens (including phenoxy) is 1. The van der Waals surface area contributed by atoms with Crippen molar-refractivity contribution >= 4 is 0 Å². The van der Waals surface area contributed by atoms with Crippen molar-refractivity contribution in [1.82, 2.24) is 5.32 Å². The van der Waals surface area contributed by atoms with Crippen LogP contribution in [0.1, 0.15) is 50.1 Å². The number of benzene rings is 1. The lowest BCUT2D eigenvalue weighted by molar-refractivity contribution is 0.179. The van der Waals surface area contributed by atoms with Gasteiger partial charge in [0.2, 0.25) is 0 Å². The second-order valence-corrected chi connectivity index (χ2v) is 7.65. The molecule has 0 aromatic heterocycles. The van der Waals surface area contributed by atoms with Gasteiger partial charge in [0.25, 0.3) is 0 Å². The first-order valence-electron chi connectivity index (χ1n) is 8.88. The van der Waals surface area contributed by atoms with Crippen LogP contribution in [0.15, 0.2) is 24.3 Å². The molecular formula is C19H25NO. The minimum atomic E-state index is 0.513. The van der Waals surface area contributed by atoms with Gasteiger partial charge in [0.05, 0.1) is 6.61 Å². The molecule has 6 unspecified atom stereocenters. The van der Waals surface area contributed by atoms with E-state index < -0.39 is 0 Å². The Balaban J connectivity index is 1.35. The van der Waals surface area contributed by atoms with E-state index in [2.05, 4.69) is 29.6 Å². The standard InChI is InChI=1S/C19H25NO/c1-2-7-19-15(4-1)17(8-9-21-19)20-18-11-12-10-16(18)14-6-3-5-13(12)14/h1-2,4,7,12-14,16-18,20H,3,5-6,8-11H2. The Morgan fingerprint density at radius 2 is 1.86 bits per heavy atom. The van der Waals surface area contributed by atoms with Crippen molar-refractivity contribution < 1.29 is 4.74 Å². The van der Waals surface area contributed by atoms with E-state index in [1.165, 1.54) is 37.7 Å². The molecule has 1 aromatic rings. The third-order valence-corrected chi connectivity index (χ3v) is 6.80. The minimum absolute atomic E-state index is 0.513. The molecule has 5 rings (SSSR count). The van der Waals surface area contributed by atoms with Crippen molar-refractivity contribution in [2.75, 3.05) is 6.61 Å². The first-order valence-corrected chi connectivity index (χ1v) is 8.88. The quantitative estimate of drug-likeness (QED) is 0.888. The van der Waals surface area contributed by atoms with E-state index >= 15 is 0 Å². The Kier molecular flexibility index (Phi) is 2.83. The average Bonchev–Trinajstić information content (AvgIpc) is 3.20. The molecule has 2 nitrogen and oxygen atoms in total. The maximum Gasteiger partial charge on any atom is 0.124 e. The van der Waals surface area contributed by atoms with Gasteiger partial charge in [-0.25, -0.2) is 0 Å². The van der Waals surface area contributed by atoms with Gasteiger partial charge in [-0.05, 0) is 55.4 Å². The normalized spacial score (nSPS) is 43.4. The minimum Gasteiger partial charge on any atom is -0.493 e. The van der Waals surface area contributed by atoms with Gasteiger partial charge < -0.3 is 10.1 Å². The molecule has 3 saturated carbocycles. The van der Waals surface area contributed by atoms with Crippen molar-refractivity contribution in [2.24, 2.45) is 23.7 Å². The van der Waals surface area contributed by atoms with E-state index in [0.717, 1.165) is 48.5 Å². The Morgan fingerprint density at radius 3 is 2.86 bits per heavy atom. The van der Waals surface area contributed by atoms with Crippen LogP contribution in [-0.4, -0.2) is 12.6 Å². The van der Waals surface area contributed by atoms with Gasteiger partial charge in [0.15, 0.2) is 0 Å². The van der Waals surface area contributed by atoms with Crippen LogP contribution in [0.4, 0.5) is 0 Å². The Labute approximate surface area is 127 Å². The highest BCUT2D eigenvalue weighted by Gasteiger charge is 2.53. The lowest BCUT2D eigenvalue weighted by Crippen LogP contribution is -2.42. The molecule has 0 saturated heterocycles. The maximum absolute atomic E-state index is 5.81. The summed E-state index contributed by atoms with van der Waals surface area (Å²) in [4.78, 5) is 0. The van der Waals surface area contributed by atoms with Gasteiger partial charge in [-0.1, -0.05) is 24.6 Å². The summed E-state index contributed by atoms with van der Waals surface area (Å²) < 4.78 is 5.81. The smallest absolute Gasteiger partial charge is 0.124 e. The molecule has 0 spiro atoms. The predicted molar refractivity (Wildman–Crippen MR) is 83.3 cm³/mol. The number of fused-ring (bicyclic) bond motifs is 6. The summed E-state index contributed by atoms with van der Waals surface area (Å²) in [6.45, 7) is 0.863. The zero-order valence-electron chi connectivity index (χ0n) is 12.6. The molecule has 0 radical (unpaired) electrons. The Hall–Kier alpha value is -1.02. The summed E-state index contributed by atoms with van der Waals surface area (Å²) >= 11 is 0. The lowest BCUT2D eigenvalue weighted by Gasteiger charge is -2.36. The predicted octanol–water partition coefficient (Wildman–Crippen LogP) is 3.92. The molecule has 112 valence electrons. The topological polar surface area (TPSA) is 21.3 Å². The van der Waals surface area contributed by atoms with Crippen molar-refractivity contribution in [1.29, 1.82) is 0 Å². The fourth-order valence-electron chi connectivity index (χ4n) is 6.03. The molecule has 2 heteroatoms. The van der Waals surface area contributed by atoms with E-state index in [1.54, 1.807) is 0 Å². The van der Waals surface area contributed by atoms with Crippen molar-refractivity contribution in [3.05, 3.63) is 29.8 Å². The first-order chi connectivity index (χ1) is 10.4. The second kappa shape index (κ2) is 4.74. The summed E-state index contributed by atoms with van der Waals surface area (Å²) in [7, 11) is 0. The zero-order valence-corrected chi connectivity index (χ0v) is 12.6. The van der Waals surface area contributed by atoms with Crippen molar-refractivity contribution in [3.8, 4) is 5.75 Å². The molecular weight excluding hydrogens is 258 g/mol. The fourth-order valence-corrected chi connectivity index (χ4v) is 6.03. The van der Waals surface area contributed by atoms with E-state index in [9.17, 15) is 0 Å². The van der Waals surface area contributed by atoms with E-state index in [0.29, 0.717) is 6.04 Å². The number of para-hydroxylation sites is 1. The summed E-state index contributed by atoms with van der Waals surface area (Å²) in [5, 5.41) is 4.04. The van der Waals surface area contributed by atoms with Gasteiger partial charge in [-0.2, -0.15) is 0 Å². The fraction of sp³-hybridized carbons (Fsp3) is 0.684. The van der Waals surface area contributed by atoms with Crippen LogP contribution in [0.5, 0.6) is 5.75 Å². The monoisotopic (exact) mass is 283 g/mol. The highest BCUT2D eigenvalue weighted by molar-refractivity contribution is 5.37. The molecule has 3 fully saturated rings. The van der Waals surface area contributed by atoms with Gasteiger partial charge >= 0.3 is 0 Å². The Bertz CT molecular complexity index is 542. The molecule has 2 bridgehead atoms. The van der Waals surface area contributed by atoms with Gasteiger partial charge in [-0.3, -0.25) is 0 Å². The number of hydrogen-bond acceptors (Lipinski definition) is 2. The summed E-state index contributed by atoms with van der Waals surface area (Å²) in [5.41, 5.74) is 1.38. The van der Waals surface area contributed by atoms with Crippen molar-refractivity contribution in [3.63, 3.8) is 0 Å². The second-order valence-electron chi connectivity index (χ2n) is 7.65. The van der Waals surface area contributed by atoms with Crippen LogP contribution in [0.25, 0.3) is 0 Å². The molecule has 6 atom stereocenters. The third-order valence-electron chi connectivity index (χ3n) is 6.80. The molecule has 0 amide bonds. The van der Waals surface area contributed by atoms with Crippen LogP contribution in [0.2, 0.25) is 0 Å². The van der Waals surface area contributed by atoms with Crippen LogP contribution < -0.4 is 10.1 Å². The average molecular weight is 283 g/mol. The summed E-state index contributed by atoms with van der Waals surface area (Å²) in [5.74, 6) is 5.25. The molecule has 4 aliphatic rings. The van der Waals surface area contributed by atoms with E-state index in [4.69, 9.17) is 4.74 Å². The summed E-state index contributed by atoms with van der Waals surface area (Å²) in [6.07, 6.45) is 8.60. The van der Waals surface area contributed by atoms with Crippen LogP contribution in [0, 0.1) is 23.7 Å². The molecule has 3 aliphatic carbocycles. The summed E-state index contributed by atoms with van der Waals surface area (Å²) in [6, 6.07) is 9.89. The van der Waals surface area contributed by atoms with Gasteiger partial charge in [-0.15, -0.1) is 0 Å². The van der Waals surface area contributed by atoms with Gasteiger partial charge in [0, 0.05) is 24.1 Å². The number of hydrogen-bond donors (Lipinski definition) is 1. The Morgan fingerprint density at radius 1 is 0.952 bits per heavy atom. The number of rotatable bonds is 2. The molecule has 1 heterocycles. The van der Waals surface area contributed by atoms with Crippen molar-refractivity contribution in [2.45, 2.75) is 50.6 Å². The highest BCUT2D eigenvalue weighted by Crippen LogP contribution is 2.59. The molecule has 1 N–H and O–H groups in total. The first kappa shape index (κ1) is 12.5. The SMILES string of the molecule is c1ccc2c(c1)OCCC2NC1CC2CC1C1CCCC21. The van der Waals surface area contributed by atoms with Crippen LogP contribution >= 0.6 is 0 Å². The van der Waals surface area contributed by atoms with Gasteiger partial charge in [0.1, 0.15) is 5.75 Å². The van der Waals surface area contributed by atoms with E-state index in [-0.39, 0.29) is 0 Å². The van der Waals surface area contributed by atoms with Crippen LogP contribution in [0.3, 0.4) is 0 Å². The molecule has 21 heavy (non-hydrogen) atoms. The highest BCUT2D eigenvalue weighted by atomic mass is 16.5. The largest absolute Gasteiger partial charge is 0.493 e. The molecule has 1 aromatic carbocycles. The van der Waals surface area contributed by atoms with E-state index in [1.807, 2.05) is 0 Å². The lowest BCUT2D eigenvalue weighted by atomic mass is 9.78. The maximum atomic E-state index is 5.81. The number of nitrogens with one attached hydrogen (secondary N) is 1. The molecule has 1 aliphatic heterocycles. The zero-order chi connectivity index (χ0) is 13.8. The third kappa shape index (κ3) is 1.88. The van der Waals surface area contributed by atoms with Crippen LogP contribution in [-0.2, 0) is 0 Å².